The summed E-state index contributed by atoms with van der Waals surface area (Å²) in [5.74, 6) is 0.529. The van der Waals surface area contributed by atoms with Gasteiger partial charge in [-0.1, -0.05) is 31.5 Å². The highest BCUT2D eigenvalue weighted by molar-refractivity contribution is 6.30. The molecule has 0 spiro atoms. The van der Waals surface area contributed by atoms with Gasteiger partial charge in [0.15, 0.2) is 11.5 Å². The lowest BCUT2D eigenvalue weighted by atomic mass is 9.79. The number of hydrogen-bond donors (Lipinski definition) is 1. The molecule has 0 bridgehead atoms. The number of carbonyl (C=O) groups is 1. The molecular formula is C21H24Cl2N4O2. The number of halogens is 2. The standard InChI is InChI=1S/C21H23ClN4O2.ClH/c1-21(2)13-25(9-8-19(21)23)20(27)16-12-17(18-7-4-10-28-18)26(24-16)15-6-3-5-14(22)11-15;/h3-7,10-12,19H,8-9,13,23H2,1-2H3;1H. The first kappa shape index (κ1) is 21.4. The summed E-state index contributed by atoms with van der Waals surface area (Å²) in [6.45, 7) is 5.42. The fraction of sp³-hybridized carbons (Fsp3) is 0.333. The summed E-state index contributed by atoms with van der Waals surface area (Å²) >= 11 is 6.16. The van der Waals surface area contributed by atoms with Gasteiger partial charge in [-0.05, 0) is 42.2 Å². The van der Waals surface area contributed by atoms with E-state index in [2.05, 4.69) is 18.9 Å². The number of benzene rings is 1. The minimum absolute atomic E-state index is 0. The molecule has 0 saturated carbocycles. The lowest BCUT2D eigenvalue weighted by Crippen LogP contribution is -2.54. The van der Waals surface area contributed by atoms with Gasteiger partial charge in [-0.25, -0.2) is 4.68 Å². The highest BCUT2D eigenvalue weighted by atomic mass is 35.5. The zero-order valence-corrected chi connectivity index (χ0v) is 17.9. The summed E-state index contributed by atoms with van der Waals surface area (Å²) in [7, 11) is 0. The van der Waals surface area contributed by atoms with Crippen LogP contribution in [0.1, 0.15) is 30.8 Å². The molecule has 6 nitrogen and oxygen atoms in total. The molecule has 1 atom stereocenters. The largest absolute Gasteiger partial charge is 0.463 e. The zero-order valence-electron chi connectivity index (χ0n) is 16.3. The van der Waals surface area contributed by atoms with Gasteiger partial charge < -0.3 is 15.1 Å². The van der Waals surface area contributed by atoms with E-state index in [1.807, 2.05) is 23.1 Å². The molecule has 2 N–H and O–H groups in total. The van der Waals surface area contributed by atoms with E-state index in [9.17, 15) is 4.79 Å². The second kappa shape index (κ2) is 8.22. The summed E-state index contributed by atoms with van der Waals surface area (Å²) in [6, 6.07) is 12.8. The molecule has 3 aromatic rings. The van der Waals surface area contributed by atoms with E-state index in [1.165, 1.54) is 0 Å². The molecule has 0 radical (unpaired) electrons. The summed E-state index contributed by atoms with van der Waals surface area (Å²) in [4.78, 5) is 15.0. The Hall–Kier alpha value is -2.28. The molecule has 1 aromatic carbocycles. The molecule has 4 rings (SSSR count). The molecule has 1 amide bonds. The van der Waals surface area contributed by atoms with E-state index in [0.717, 1.165) is 12.1 Å². The van der Waals surface area contributed by atoms with Crippen molar-refractivity contribution < 1.29 is 9.21 Å². The number of hydrogen-bond acceptors (Lipinski definition) is 4. The van der Waals surface area contributed by atoms with E-state index < -0.39 is 0 Å². The molecule has 1 fully saturated rings. The number of nitrogens with two attached hydrogens (primary N) is 1. The van der Waals surface area contributed by atoms with Crippen LogP contribution in [-0.4, -0.2) is 39.7 Å². The van der Waals surface area contributed by atoms with Gasteiger partial charge >= 0.3 is 0 Å². The van der Waals surface area contributed by atoms with Crippen LogP contribution in [-0.2, 0) is 0 Å². The Morgan fingerprint density at radius 2 is 2.07 bits per heavy atom. The van der Waals surface area contributed by atoms with Crippen LogP contribution in [0.3, 0.4) is 0 Å². The van der Waals surface area contributed by atoms with Crippen LogP contribution in [0.15, 0.2) is 53.1 Å². The lowest BCUT2D eigenvalue weighted by molar-refractivity contribution is 0.0527. The second-order valence-corrected chi connectivity index (χ2v) is 8.33. The molecule has 1 saturated heterocycles. The summed E-state index contributed by atoms with van der Waals surface area (Å²) in [6.07, 6.45) is 2.37. The van der Waals surface area contributed by atoms with Gasteiger partial charge in [-0.15, -0.1) is 12.4 Å². The zero-order chi connectivity index (χ0) is 19.9. The minimum atomic E-state index is -0.132. The average Bonchev–Trinajstić information content (AvgIpc) is 3.32. The molecule has 3 heterocycles. The van der Waals surface area contributed by atoms with Gasteiger partial charge in [0, 0.05) is 30.2 Å². The maximum Gasteiger partial charge on any atom is 0.274 e. The van der Waals surface area contributed by atoms with Crippen molar-refractivity contribution in [1.29, 1.82) is 0 Å². The first-order chi connectivity index (χ1) is 13.3. The van der Waals surface area contributed by atoms with Gasteiger partial charge in [-0.3, -0.25) is 4.79 Å². The van der Waals surface area contributed by atoms with Crippen LogP contribution < -0.4 is 5.73 Å². The Bertz CT molecular complexity index is 998. The molecule has 29 heavy (non-hydrogen) atoms. The van der Waals surface area contributed by atoms with Gasteiger partial charge in [0.25, 0.3) is 5.91 Å². The average molecular weight is 435 g/mol. The summed E-state index contributed by atoms with van der Waals surface area (Å²) < 4.78 is 7.26. The van der Waals surface area contributed by atoms with Crippen molar-refractivity contribution in [3.8, 4) is 17.1 Å². The number of amides is 1. The molecule has 154 valence electrons. The van der Waals surface area contributed by atoms with Crippen molar-refractivity contribution in [2.45, 2.75) is 26.3 Å². The third-order valence-corrected chi connectivity index (χ3v) is 5.59. The minimum Gasteiger partial charge on any atom is -0.463 e. The van der Waals surface area contributed by atoms with Crippen molar-refractivity contribution >= 4 is 29.9 Å². The topological polar surface area (TPSA) is 77.3 Å². The van der Waals surface area contributed by atoms with E-state index in [-0.39, 0.29) is 29.8 Å². The van der Waals surface area contributed by atoms with E-state index in [0.29, 0.717) is 35.3 Å². The smallest absolute Gasteiger partial charge is 0.274 e. The number of aromatic nitrogens is 2. The molecule has 1 aliphatic heterocycles. The molecule has 0 aliphatic carbocycles. The highest BCUT2D eigenvalue weighted by Crippen LogP contribution is 2.30. The molecular weight excluding hydrogens is 411 g/mol. The highest BCUT2D eigenvalue weighted by Gasteiger charge is 2.36. The summed E-state index contributed by atoms with van der Waals surface area (Å²) in [5.41, 5.74) is 7.92. The van der Waals surface area contributed by atoms with Gasteiger partial charge in [0.2, 0.25) is 0 Å². The molecule has 1 aliphatic rings. The predicted molar refractivity (Wildman–Crippen MR) is 116 cm³/mol. The lowest BCUT2D eigenvalue weighted by Gasteiger charge is -2.42. The van der Waals surface area contributed by atoms with Crippen LogP contribution in [0.2, 0.25) is 5.02 Å². The first-order valence-corrected chi connectivity index (χ1v) is 9.68. The number of furan rings is 1. The number of carbonyl (C=O) groups excluding carboxylic acids is 1. The number of rotatable bonds is 3. The molecule has 8 heteroatoms. The van der Waals surface area contributed by atoms with Crippen molar-refractivity contribution in [2.75, 3.05) is 13.1 Å². The quantitative estimate of drug-likeness (QED) is 0.661. The van der Waals surface area contributed by atoms with Gasteiger partial charge in [-0.2, -0.15) is 5.10 Å². The normalized spacial score (nSPS) is 18.3. The molecule has 2 aromatic heterocycles. The van der Waals surface area contributed by atoms with Gasteiger partial charge in [0.05, 0.1) is 12.0 Å². The Morgan fingerprint density at radius 1 is 1.28 bits per heavy atom. The van der Waals surface area contributed by atoms with Crippen LogP contribution >= 0.6 is 24.0 Å². The van der Waals surface area contributed by atoms with E-state index in [4.69, 9.17) is 21.8 Å². The monoisotopic (exact) mass is 434 g/mol. The van der Waals surface area contributed by atoms with Crippen LogP contribution in [0.5, 0.6) is 0 Å². The van der Waals surface area contributed by atoms with E-state index in [1.54, 1.807) is 35.2 Å². The third-order valence-electron chi connectivity index (χ3n) is 5.35. The van der Waals surface area contributed by atoms with Crippen molar-refractivity contribution in [3.63, 3.8) is 0 Å². The van der Waals surface area contributed by atoms with Crippen molar-refractivity contribution in [3.05, 3.63) is 59.4 Å². The summed E-state index contributed by atoms with van der Waals surface area (Å²) in [5, 5.41) is 5.19. The number of piperidine rings is 1. The maximum atomic E-state index is 13.2. The number of likely N-dealkylation sites (tertiary alicyclic amines) is 1. The fourth-order valence-corrected chi connectivity index (χ4v) is 3.78. The first-order valence-electron chi connectivity index (χ1n) is 9.30. The van der Waals surface area contributed by atoms with Crippen molar-refractivity contribution in [2.24, 2.45) is 11.1 Å². The SMILES string of the molecule is CC1(C)CN(C(=O)c2cc(-c3ccco3)n(-c3cccc(Cl)c3)n2)CCC1N.Cl. The van der Waals surface area contributed by atoms with Gasteiger partial charge in [0.1, 0.15) is 5.69 Å². The van der Waals surface area contributed by atoms with Crippen molar-refractivity contribution in [1.82, 2.24) is 14.7 Å². The van der Waals surface area contributed by atoms with Crippen LogP contribution in [0.25, 0.3) is 17.1 Å². The number of nitrogens with zero attached hydrogens (tertiary/aromatic N) is 3. The Morgan fingerprint density at radius 3 is 2.72 bits per heavy atom. The fourth-order valence-electron chi connectivity index (χ4n) is 3.60. The Balaban J connectivity index is 0.00000240. The second-order valence-electron chi connectivity index (χ2n) is 7.89. The Labute approximate surface area is 181 Å². The van der Waals surface area contributed by atoms with E-state index >= 15 is 0 Å². The predicted octanol–water partition coefficient (Wildman–Crippen LogP) is 4.41. The van der Waals surface area contributed by atoms with Crippen LogP contribution in [0.4, 0.5) is 0 Å². The molecule has 1 unspecified atom stereocenters. The Kier molecular flexibility index (Phi) is 6.08. The van der Waals surface area contributed by atoms with Crippen LogP contribution in [0, 0.1) is 5.41 Å². The maximum absolute atomic E-state index is 13.2. The third kappa shape index (κ3) is 4.20.